The van der Waals surface area contributed by atoms with Crippen LogP contribution in [0.2, 0.25) is 0 Å². The molecule has 1 aliphatic rings. The number of carbonyl (C=O) groups is 1. The van der Waals surface area contributed by atoms with Gasteiger partial charge < -0.3 is 20.1 Å². The number of carbonyl (C=O) groups excluding carboxylic acids is 1. The van der Waals surface area contributed by atoms with Crippen LogP contribution >= 0.6 is 0 Å². The molecule has 4 rings (SSSR count). The van der Waals surface area contributed by atoms with Gasteiger partial charge in [0, 0.05) is 23.6 Å². The number of nitrogens with one attached hydrogen (secondary N) is 2. The Morgan fingerprint density at radius 1 is 1.00 bits per heavy atom. The van der Waals surface area contributed by atoms with Gasteiger partial charge >= 0.3 is 0 Å². The Kier molecular flexibility index (Phi) is 5.33. The van der Waals surface area contributed by atoms with E-state index in [1.165, 1.54) is 0 Å². The van der Waals surface area contributed by atoms with Crippen molar-refractivity contribution in [3.05, 3.63) is 71.9 Å². The van der Waals surface area contributed by atoms with Crippen molar-refractivity contribution >= 4 is 23.1 Å². The summed E-state index contributed by atoms with van der Waals surface area (Å²) in [4.78, 5) is 17.0. The first-order valence-corrected chi connectivity index (χ1v) is 9.63. The predicted molar refractivity (Wildman–Crippen MR) is 113 cm³/mol. The van der Waals surface area contributed by atoms with Gasteiger partial charge in [-0.15, -0.1) is 0 Å². The summed E-state index contributed by atoms with van der Waals surface area (Å²) in [5.41, 5.74) is 3.26. The van der Waals surface area contributed by atoms with E-state index in [1.807, 2.05) is 42.5 Å². The average molecular weight is 389 g/mol. The second-order valence-electron chi connectivity index (χ2n) is 7.11. The molecule has 148 valence electrons. The summed E-state index contributed by atoms with van der Waals surface area (Å²) in [5.74, 6) is 2.23. The molecule has 1 amide bonds. The number of aromatic nitrogens is 1. The molecular formula is C23H23N3O3. The monoisotopic (exact) mass is 389 g/mol. The Labute approximate surface area is 169 Å². The Hall–Kier alpha value is -3.54. The lowest BCUT2D eigenvalue weighted by Gasteiger charge is -2.19. The Morgan fingerprint density at radius 3 is 2.55 bits per heavy atom. The van der Waals surface area contributed by atoms with Gasteiger partial charge in [0.2, 0.25) is 0 Å². The van der Waals surface area contributed by atoms with Crippen molar-refractivity contribution < 1.29 is 14.3 Å². The number of anilines is 3. The molecule has 0 saturated heterocycles. The van der Waals surface area contributed by atoms with Gasteiger partial charge in [-0.1, -0.05) is 32.0 Å². The molecule has 3 aromatic rings. The largest absolute Gasteiger partial charge is 0.486 e. The fourth-order valence-electron chi connectivity index (χ4n) is 3.18. The van der Waals surface area contributed by atoms with Gasteiger partial charge in [-0.2, -0.15) is 0 Å². The van der Waals surface area contributed by atoms with Crippen molar-refractivity contribution in [2.24, 2.45) is 0 Å². The summed E-state index contributed by atoms with van der Waals surface area (Å²) in [6.45, 7) is 5.31. The van der Waals surface area contributed by atoms with Crippen LogP contribution in [0.5, 0.6) is 11.5 Å². The third kappa shape index (κ3) is 4.32. The minimum absolute atomic E-state index is 0.184. The lowest BCUT2D eigenvalue weighted by molar-refractivity contribution is 0.102. The van der Waals surface area contributed by atoms with E-state index in [0.29, 0.717) is 36.3 Å². The van der Waals surface area contributed by atoms with Crippen molar-refractivity contribution in [2.75, 3.05) is 23.8 Å². The summed E-state index contributed by atoms with van der Waals surface area (Å²) in [6.07, 6.45) is 1.56. The molecular weight excluding hydrogens is 366 g/mol. The second-order valence-corrected chi connectivity index (χ2v) is 7.11. The first-order chi connectivity index (χ1) is 14.1. The number of hydrogen-bond acceptors (Lipinski definition) is 5. The minimum atomic E-state index is -0.184. The van der Waals surface area contributed by atoms with Gasteiger partial charge in [0.1, 0.15) is 19.0 Å². The van der Waals surface area contributed by atoms with Crippen molar-refractivity contribution in [3.63, 3.8) is 0 Å². The van der Waals surface area contributed by atoms with Gasteiger partial charge in [0.05, 0.1) is 5.56 Å². The highest BCUT2D eigenvalue weighted by atomic mass is 16.6. The molecule has 0 radical (unpaired) electrons. The molecule has 0 bridgehead atoms. The lowest BCUT2D eigenvalue weighted by atomic mass is 10.0. The first-order valence-electron chi connectivity index (χ1n) is 9.63. The molecule has 0 unspecified atom stereocenters. The van der Waals surface area contributed by atoms with Gasteiger partial charge in [0.15, 0.2) is 11.5 Å². The Bertz CT molecular complexity index is 1020. The standard InChI is InChI=1S/C23H23N3O3/c1-15(2)18-5-3-4-6-19(18)26-23(27)16-7-10-22(24-14-16)25-17-8-9-20-21(13-17)29-12-11-28-20/h3-10,13-15H,11-12H2,1-2H3,(H,24,25)(H,26,27). The van der Waals surface area contributed by atoms with E-state index < -0.39 is 0 Å². The normalized spacial score (nSPS) is 12.5. The van der Waals surface area contributed by atoms with E-state index in [0.717, 1.165) is 22.7 Å². The number of benzene rings is 2. The van der Waals surface area contributed by atoms with Crippen LogP contribution in [0.15, 0.2) is 60.8 Å². The second kappa shape index (κ2) is 8.22. The highest BCUT2D eigenvalue weighted by Gasteiger charge is 2.13. The number of nitrogens with zero attached hydrogens (tertiary/aromatic N) is 1. The van der Waals surface area contributed by atoms with Crippen LogP contribution in [0.1, 0.15) is 35.7 Å². The molecule has 1 aromatic heterocycles. The summed E-state index contributed by atoms with van der Waals surface area (Å²) < 4.78 is 11.1. The number of pyridine rings is 1. The molecule has 0 atom stereocenters. The van der Waals surface area contributed by atoms with Gasteiger partial charge in [0.25, 0.3) is 5.91 Å². The summed E-state index contributed by atoms with van der Waals surface area (Å²) in [7, 11) is 0. The van der Waals surface area contributed by atoms with Crippen molar-refractivity contribution in [2.45, 2.75) is 19.8 Å². The van der Waals surface area contributed by atoms with Crippen molar-refractivity contribution in [1.29, 1.82) is 0 Å². The molecule has 2 aromatic carbocycles. The van der Waals surface area contributed by atoms with Gasteiger partial charge in [-0.25, -0.2) is 4.98 Å². The summed E-state index contributed by atoms with van der Waals surface area (Å²) in [6, 6.07) is 17.0. The molecule has 0 spiro atoms. The third-order valence-corrected chi connectivity index (χ3v) is 4.67. The zero-order chi connectivity index (χ0) is 20.2. The minimum Gasteiger partial charge on any atom is -0.486 e. The zero-order valence-electron chi connectivity index (χ0n) is 16.4. The predicted octanol–water partition coefficient (Wildman–Crippen LogP) is 4.97. The molecule has 0 aliphatic carbocycles. The van der Waals surface area contributed by atoms with Crippen LogP contribution in [0.25, 0.3) is 0 Å². The van der Waals surface area contributed by atoms with E-state index in [4.69, 9.17) is 9.47 Å². The van der Waals surface area contributed by atoms with Crippen molar-refractivity contribution in [1.82, 2.24) is 4.98 Å². The van der Waals surface area contributed by atoms with E-state index in [-0.39, 0.29) is 5.91 Å². The number of amides is 1. The maximum Gasteiger partial charge on any atom is 0.257 e. The lowest BCUT2D eigenvalue weighted by Crippen LogP contribution is -2.15. The topological polar surface area (TPSA) is 72.5 Å². The van der Waals surface area contributed by atoms with Crippen LogP contribution in [-0.4, -0.2) is 24.1 Å². The summed E-state index contributed by atoms with van der Waals surface area (Å²) >= 11 is 0. The molecule has 1 aliphatic heterocycles. The highest BCUT2D eigenvalue weighted by molar-refractivity contribution is 6.04. The average Bonchev–Trinajstić information content (AvgIpc) is 2.74. The number of ether oxygens (including phenoxy) is 2. The maximum atomic E-state index is 12.6. The fraction of sp³-hybridized carbons (Fsp3) is 0.217. The van der Waals surface area contributed by atoms with Crippen LogP contribution in [-0.2, 0) is 0 Å². The van der Waals surface area contributed by atoms with E-state index in [1.54, 1.807) is 18.3 Å². The van der Waals surface area contributed by atoms with Crippen molar-refractivity contribution in [3.8, 4) is 11.5 Å². The van der Waals surface area contributed by atoms with E-state index >= 15 is 0 Å². The fourth-order valence-corrected chi connectivity index (χ4v) is 3.18. The van der Waals surface area contributed by atoms with Gasteiger partial charge in [-0.05, 0) is 41.8 Å². The molecule has 6 nitrogen and oxygen atoms in total. The smallest absolute Gasteiger partial charge is 0.257 e. The van der Waals surface area contributed by atoms with Crippen LogP contribution in [0.4, 0.5) is 17.2 Å². The van der Waals surface area contributed by atoms with Crippen LogP contribution < -0.4 is 20.1 Å². The molecule has 6 heteroatoms. The number of hydrogen-bond donors (Lipinski definition) is 2. The summed E-state index contributed by atoms with van der Waals surface area (Å²) in [5, 5.41) is 6.20. The highest BCUT2D eigenvalue weighted by Crippen LogP contribution is 2.33. The zero-order valence-corrected chi connectivity index (χ0v) is 16.4. The Balaban J connectivity index is 1.45. The third-order valence-electron chi connectivity index (χ3n) is 4.67. The SMILES string of the molecule is CC(C)c1ccccc1NC(=O)c1ccc(Nc2ccc3c(c2)OCCO3)nc1. The van der Waals surface area contributed by atoms with Crippen LogP contribution in [0, 0.1) is 0 Å². The van der Waals surface area contributed by atoms with Crippen LogP contribution in [0.3, 0.4) is 0 Å². The number of fused-ring (bicyclic) bond motifs is 1. The maximum absolute atomic E-state index is 12.6. The molecule has 0 fully saturated rings. The molecule has 0 saturated carbocycles. The number of rotatable bonds is 5. The Morgan fingerprint density at radius 2 is 1.79 bits per heavy atom. The van der Waals surface area contributed by atoms with E-state index in [9.17, 15) is 4.79 Å². The molecule has 2 N–H and O–H groups in total. The molecule has 29 heavy (non-hydrogen) atoms. The first kappa shape index (κ1) is 18.8. The van der Waals surface area contributed by atoms with E-state index in [2.05, 4.69) is 29.5 Å². The van der Waals surface area contributed by atoms with Gasteiger partial charge in [-0.3, -0.25) is 4.79 Å². The number of para-hydroxylation sites is 1. The quantitative estimate of drug-likeness (QED) is 0.644. The molecule has 2 heterocycles.